The van der Waals surface area contributed by atoms with Crippen LogP contribution < -0.4 is 10.6 Å². The molecule has 1 aliphatic rings. The topological polar surface area (TPSA) is 49.6 Å². The van der Waals surface area contributed by atoms with Crippen molar-refractivity contribution < 1.29 is 4.79 Å². The number of carbonyl (C=O) groups excluding carboxylic acids is 1. The Bertz CT molecular complexity index is 494. The van der Waals surface area contributed by atoms with Gasteiger partial charge < -0.3 is 15.5 Å². The van der Waals surface area contributed by atoms with E-state index in [0.29, 0.717) is 21.8 Å². The van der Waals surface area contributed by atoms with Crippen LogP contribution in [0, 0.1) is 0 Å². The first-order valence-electron chi connectivity index (χ1n) is 6.90. The Balaban J connectivity index is 2.23. The average molecular weight is 293 g/mol. The summed E-state index contributed by atoms with van der Waals surface area (Å²) in [4.78, 5) is 15.8. The summed E-state index contributed by atoms with van der Waals surface area (Å²) in [5.41, 5.74) is 8.53. The normalized spacial score (nSPS) is 22.7. The Hall–Kier alpha value is -1.36. The summed E-state index contributed by atoms with van der Waals surface area (Å²) in [6, 6.07) is 5.63. The number of rotatable bonds is 2. The van der Waals surface area contributed by atoms with Gasteiger partial charge in [0.05, 0.1) is 11.4 Å². The van der Waals surface area contributed by atoms with Crippen molar-refractivity contribution in [2.75, 3.05) is 37.8 Å². The summed E-state index contributed by atoms with van der Waals surface area (Å²) in [7, 11) is 3.50. The highest BCUT2D eigenvalue weighted by Gasteiger charge is 2.24. The number of anilines is 2. The van der Waals surface area contributed by atoms with Crippen molar-refractivity contribution in [1.82, 2.24) is 4.90 Å². The number of nitrogen functional groups attached to an aromatic ring is 1. The third-order valence-corrected chi connectivity index (χ3v) is 4.67. The van der Waals surface area contributed by atoms with Crippen LogP contribution in [0.5, 0.6) is 0 Å². The molecule has 1 heterocycles. The lowest BCUT2D eigenvalue weighted by Gasteiger charge is -2.36. The highest BCUT2D eigenvalue weighted by atomic mass is 32.2. The van der Waals surface area contributed by atoms with Gasteiger partial charge in [0, 0.05) is 43.2 Å². The molecule has 110 valence electrons. The van der Waals surface area contributed by atoms with Crippen LogP contribution in [-0.4, -0.2) is 48.5 Å². The van der Waals surface area contributed by atoms with Crippen molar-refractivity contribution in [3.05, 3.63) is 23.8 Å². The monoisotopic (exact) mass is 293 g/mol. The summed E-state index contributed by atoms with van der Waals surface area (Å²) in [6.07, 6.45) is 0. The Morgan fingerprint density at radius 3 is 2.40 bits per heavy atom. The number of nitrogens with zero attached hydrogens (tertiary/aromatic N) is 2. The lowest BCUT2D eigenvalue weighted by atomic mass is 10.1. The Kier molecular flexibility index (Phi) is 4.48. The molecule has 0 radical (unpaired) electrons. The minimum absolute atomic E-state index is 0.0146. The van der Waals surface area contributed by atoms with Crippen LogP contribution in [0.1, 0.15) is 24.2 Å². The predicted molar refractivity (Wildman–Crippen MR) is 87.6 cm³/mol. The molecule has 0 saturated carbocycles. The largest absolute Gasteiger partial charge is 0.397 e. The van der Waals surface area contributed by atoms with Crippen molar-refractivity contribution >= 4 is 29.0 Å². The van der Waals surface area contributed by atoms with Gasteiger partial charge >= 0.3 is 0 Å². The Morgan fingerprint density at radius 2 is 1.90 bits per heavy atom. The van der Waals surface area contributed by atoms with Gasteiger partial charge in [0.1, 0.15) is 0 Å². The predicted octanol–water partition coefficient (Wildman–Crippen LogP) is 2.30. The molecule has 5 heteroatoms. The van der Waals surface area contributed by atoms with Crippen LogP contribution in [-0.2, 0) is 0 Å². The van der Waals surface area contributed by atoms with Crippen molar-refractivity contribution in [3.63, 3.8) is 0 Å². The van der Waals surface area contributed by atoms with Gasteiger partial charge in [-0.2, -0.15) is 11.8 Å². The summed E-state index contributed by atoms with van der Waals surface area (Å²) < 4.78 is 0. The number of thioether (sulfide) groups is 1. The van der Waals surface area contributed by atoms with E-state index >= 15 is 0 Å². The van der Waals surface area contributed by atoms with E-state index in [0.717, 1.165) is 18.8 Å². The molecule has 1 fully saturated rings. The third kappa shape index (κ3) is 3.20. The van der Waals surface area contributed by atoms with Gasteiger partial charge in [0.25, 0.3) is 5.91 Å². The molecule has 1 aromatic rings. The molecular weight excluding hydrogens is 270 g/mol. The number of carbonyl (C=O) groups is 1. The molecule has 1 amide bonds. The molecule has 0 spiro atoms. The molecular formula is C15H23N3OS. The molecule has 0 aliphatic carbocycles. The Labute approximate surface area is 125 Å². The molecule has 1 aromatic carbocycles. The van der Waals surface area contributed by atoms with Crippen LogP contribution in [0.25, 0.3) is 0 Å². The van der Waals surface area contributed by atoms with Gasteiger partial charge in [0.2, 0.25) is 0 Å². The Morgan fingerprint density at radius 1 is 1.30 bits per heavy atom. The van der Waals surface area contributed by atoms with Gasteiger partial charge in [-0.3, -0.25) is 4.79 Å². The number of nitrogens with two attached hydrogens (primary N) is 1. The highest BCUT2D eigenvalue weighted by molar-refractivity contribution is 8.00. The number of hydrogen-bond donors (Lipinski definition) is 1. The van der Waals surface area contributed by atoms with Crippen molar-refractivity contribution in [2.45, 2.75) is 24.3 Å². The number of hydrogen-bond acceptors (Lipinski definition) is 4. The molecule has 2 rings (SSSR count). The van der Waals surface area contributed by atoms with Gasteiger partial charge in [0.15, 0.2) is 0 Å². The van der Waals surface area contributed by atoms with E-state index in [1.54, 1.807) is 25.1 Å². The molecule has 1 aliphatic heterocycles. The fourth-order valence-corrected chi connectivity index (χ4v) is 3.93. The zero-order valence-corrected chi connectivity index (χ0v) is 13.4. The van der Waals surface area contributed by atoms with Crippen LogP contribution in [0.15, 0.2) is 18.2 Å². The quantitative estimate of drug-likeness (QED) is 0.850. The van der Waals surface area contributed by atoms with Gasteiger partial charge in [-0.1, -0.05) is 13.8 Å². The van der Waals surface area contributed by atoms with E-state index in [2.05, 4.69) is 18.7 Å². The van der Waals surface area contributed by atoms with Crippen LogP contribution in [0.4, 0.5) is 11.4 Å². The first kappa shape index (κ1) is 15.0. The summed E-state index contributed by atoms with van der Waals surface area (Å²) in [5.74, 6) is -0.0146. The van der Waals surface area contributed by atoms with E-state index in [1.807, 2.05) is 23.9 Å². The van der Waals surface area contributed by atoms with Crippen molar-refractivity contribution in [2.24, 2.45) is 0 Å². The van der Waals surface area contributed by atoms with E-state index in [-0.39, 0.29) is 5.91 Å². The summed E-state index contributed by atoms with van der Waals surface area (Å²) >= 11 is 2.01. The fraction of sp³-hybridized carbons (Fsp3) is 0.533. The van der Waals surface area contributed by atoms with Gasteiger partial charge in [-0.25, -0.2) is 0 Å². The second kappa shape index (κ2) is 5.95. The minimum Gasteiger partial charge on any atom is -0.397 e. The zero-order valence-electron chi connectivity index (χ0n) is 12.6. The zero-order chi connectivity index (χ0) is 14.9. The van der Waals surface area contributed by atoms with E-state index in [9.17, 15) is 4.79 Å². The van der Waals surface area contributed by atoms with Gasteiger partial charge in [-0.15, -0.1) is 0 Å². The standard InChI is InChI=1S/C15H23N3OS/c1-10-8-18(9-11(2)20-10)14-6-5-12(7-13(14)16)15(19)17(3)4/h5-7,10-11H,8-9,16H2,1-4H3. The maximum atomic E-state index is 11.9. The van der Waals surface area contributed by atoms with E-state index in [4.69, 9.17) is 5.73 Å². The lowest BCUT2D eigenvalue weighted by molar-refractivity contribution is 0.0827. The fourth-order valence-electron chi connectivity index (χ4n) is 2.61. The number of benzene rings is 1. The summed E-state index contributed by atoms with van der Waals surface area (Å²) in [6.45, 7) is 6.49. The molecule has 0 aromatic heterocycles. The van der Waals surface area contributed by atoms with Crippen molar-refractivity contribution in [3.8, 4) is 0 Å². The molecule has 2 N–H and O–H groups in total. The van der Waals surface area contributed by atoms with E-state index in [1.165, 1.54) is 0 Å². The molecule has 2 atom stereocenters. The summed E-state index contributed by atoms with van der Waals surface area (Å²) in [5, 5.41) is 1.20. The van der Waals surface area contributed by atoms with Crippen LogP contribution >= 0.6 is 11.8 Å². The van der Waals surface area contributed by atoms with Crippen molar-refractivity contribution in [1.29, 1.82) is 0 Å². The minimum atomic E-state index is -0.0146. The maximum absolute atomic E-state index is 11.9. The van der Waals surface area contributed by atoms with Gasteiger partial charge in [-0.05, 0) is 18.2 Å². The third-order valence-electron chi connectivity index (χ3n) is 3.44. The molecule has 1 saturated heterocycles. The van der Waals surface area contributed by atoms with Crippen LogP contribution in [0.3, 0.4) is 0 Å². The smallest absolute Gasteiger partial charge is 0.253 e. The lowest BCUT2D eigenvalue weighted by Crippen LogP contribution is -2.40. The molecule has 4 nitrogen and oxygen atoms in total. The molecule has 2 unspecified atom stereocenters. The second-order valence-corrected chi connectivity index (χ2v) is 7.52. The average Bonchev–Trinajstić information content (AvgIpc) is 2.36. The second-order valence-electron chi connectivity index (χ2n) is 5.64. The highest BCUT2D eigenvalue weighted by Crippen LogP contribution is 2.32. The van der Waals surface area contributed by atoms with Crippen LogP contribution in [0.2, 0.25) is 0 Å². The first-order valence-corrected chi connectivity index (χ1v) is 7.84. The first-order chi connectivity index (χ1) is 9.38. The SMILES string of the molecule is CC1CN(c2ccc(C(=O)N(C)C)cc2N)CC(C)S1. The molecule has 20 heavy (non-hydrogen) atoms. The molecule has 0 bridgehead atoms. The maximum Gasteiger partial charge on any atom is 0.253 e. The number of amides is 1. The van der Waals surface area contributed by atoms with E-state index < -0.39 is 0 Å².